The maximum absolute atomic E-state index is 11.8. The Kier molecular flexibility index (Phi) is 7.89. The van der Waals surface area contributed by atoms with Crippen LogP contribution in [0.5, 0.6) is 0 Å². The van der Waals surface area contributed by atoms with E-state index in [1.54, 1.807) is 0 Å². The number of aryl methyl sites for hydroxylation is 1. The van der Waals surface area contributed by atoms with Crippen molar-refractivity contribution >= 4 is 11.9 Å². The topological polar surface area (TPSA) is 56.7 Å². The molecule has 2 aromatic rings. The maximum Gasteiger partial charge on any atom is 0.222 e. The number of likely N-dealkylation sites (tertiary alicyclic amines) is 1. The number of aliphatic imine (C=N–C) groups is 1. The molecule has 1 aliphatic rings. The van der Waals surface area contributed by atoms with Gasteiger partial charge in [-0.2, -0.15) is 0 Å². The summed E-state index contributed by atoms with van der Waals surface area (Å²) in [6, 6.07) is 17.1. The Labute approximate surface area is 180 Å². The molecule has 0 aromatic heterocycles. The van der Waals surface area contributed by atoms with Gasteiger partial charge in [-0.1, -0.05) is 61.0 Å². The SMILES string of the molecule is CCNC(=NCc1ccc(CN2CCCC2=O)cc1)NCC(C)c1ccc(C)cc1. The van der Waals surface area contributed by atoms with Crippen molar-refractivity contribution in [3.8, 4) is 0 Å². The summed E-state index contributed by atoms with van der Waals surface area (Å²) >= 11 is 0. The van der Waals surface area contributed by atoms with Crippen LogP contribution >= 0.6 is 0 Å². The number of hydrogen-bond acceptors (Lipinski definition) is 2. The Morgan fingerprint density at radius 2 is 1.77 bits per heavy atom. The third-order valence-electron chi connectivity index (χ3n) is 5.55. The molecule has 5 nitrogen and oxygen atoms in total. The van der Waals surface area contributed by atoms with E-state index < -0.39 is 0 Å². The summed E-state index contributed by atoms with van der Waals surface area (Å²) in [5.74, 6) is 1.51. The summed E-state index contributed by atoms with van der Waals surface area (Å²) in [5.41, 5.74) is 4.95. The second-order valence-electron chi connectivity index (χ2n) is 8.12. The van der Waals surface area contributed by atoms with Crippen LogP contribution in [-0.4, -0.2) is 36.4 Å². The average Bonchev–Trinajstić information content (AvgIpc) is 3.16. The zero-order chi connectivity index (χ0) is 21.3. The molecular formula is C25H34N4O. The third kappa shape index (κ3) is 6.34. The first-order valence-corrected chi connectivity index (χ1v) is 11.0. The van der Waals surface area contributed by atoms with Gasteiger partial charge in [0.2, 0.25) is 5.91 Å². The minimum atomic E-state index is 0.268. The molecule has 0 aliphatic carbocycles. The van der Waals surface area contributed by atoms with Gasteiger partial charge in [0, 0.05) is 32.6 Å². The number of benzene rings is 2. The average molecular weight is 407 g/mol. The van der Waals surface area contributed by atoms with Crippen LogP contribution in [0.3, 0.4) is 0 Å². The third-order valence-corrected chi connectivity index (χ3v) is 5.55. The summed E-state index contributed by atoms with van der Waals surface area (Å²) in [6.07, 6.45) is 1.67. The van der Waals surface area contributed by atoms with E-state index in [1.165, 1.54) is 16.7 Å². The van der Waals surface area contributed by atoms with E-state index in [1.807, 2.05) is 4.90 Å². The predicted molar refractivity (Wildman–Crippen MR) is 124 cm³/mol. The molecule has 30 heavy (non-hydrogen) atoms. The number of hydrogen-bond donors (Lipinski definition) is 2. The van der Waals surface area contributed by atoms with E-state index in [-0.39, 0.29) is 5.91 Å². The van der Waals surface area contributed by atoms with Gasteiger partial charge in [-0.15, -0.1) is 0 Å². The Morgan fingerprint density at radius 3 is 2.40 bits per heavy atom. The standard InChI is InChI=1S/C25H34N4O/c1-4-26-25(27-16-20(3)23-13-7-19(2)8-14-23)28-17-21-9-11-22(12-10-21)18-29-15-5-6-24(29)30/h7-14,20H,4-6,15-18H2,1-3H3,(H2,26,27,28). The maximum atomic E-state index is 11.8. The number of amides is 1. The van der Waals surface area contributed by atoms with Gasteiger partial charge in [0.05, 0.1) is 6.54 Å². The van der Waals surface area contributed by atoms with E-state index in [2.05, 4.69) is 79.9 Å². The Bertz CT molecular complexity index is 842. The zero-order valence-corrected chi connectivity index (χ0v) is 18.4. The summed E-state index contributed by atoms with van der Waals surface area (Å²) in [4.78, 5) is 18.5. The van der Waals surface area contributed by atoms with Crippen LogP contribution in [0, 0.1) is 6.92 Å². The van der Waals surface area contributed by atoms with Crippen LogP contribution in [0.25, 0.3) is 0 Å². The van der Waals surface area contributed by atoms with Crippen molar-refractivity contribution in [1.82, 2.24) is 15.5 Å². The lowest BCUT2D eigenvalue weighted by molar-refractivity contribution is -0.128. The van der Waals surface area contributed by atoms with Crippen LogP contribution in [0.1, 0.15) is 54.9 Å². The molecule has 2 N–H and O–H groups in total. The van der Waals surface area contributed by atoms with Gasteiger partial charge < -0.3 is 15.5 Å². The smallest absolute Gasteiger partial charge is 0.222 e. The van der Waals surface area contributed by atoms with Gasteiger partial charge in [0.15, 0.2) is 5.96 Å². The highest BCUT2D eigenvalue weighted by atomic mass is 16.2. The van der Waals surface area contributed by atoms with Crippen molar-refractivity contribution in [3.63, 3.8) is 0 Å². The van der Waals surface area contributed by atoms with Gasteiger partial charge in [-0.25, -0.2) is 4.99 Å². The van der Waals surface area contributed by atoms with E-state index in [0.29, 0.717) is 25.4 Å². The van der Waals surface area contributed by atoms with E-state index >= 15 is 0 Å². The lowest BCUT2D eigenvalue weighted by Gasteiger charge is -2.17. The van der Waals surface area contributed by atoms with Crippen molar-refractivity contribution in [3.05, 3.63) is 70.8 Å². The Morgan fingerprint density at radius 1 is 1.07 bits per heavy atom. The van der Waals surface area contributed by atoms with Gasteiger partial charge >= 0.3 is 0 Å². The molecule has 1 fully saturated rings. The fourth-order valence-electron chi connectivity index (χ4n) is 3.62. The van der Waals surface area contributed by atoms with Gasteiger partial charge in [-0.3, -0.25) is 4.79 Å². The van der Waals surface area contributed by atoms with Gasteiger partial charge in [0.25, 0.3) is 0 Å². The molecule has 5 heteroatoms. The number of rotatable bonds is 8. The number of carbonyl (C=O) groups excluding carboxylic acids is 1. The molecule has 1 atom stereocenters. The summed E-state index contributed by atoms with van der Waals surface area (Å²) < 4.78 is 0. The molecule has 3 rings (SSSR count). The molecule has 1 aliphatic heterocycles. The highest BCUT2D eigenvalue weighted by Crippen LogP contribution is 2.16. The fourth-order valence-corrected chi connectivity index (χ4v) is 3.62. The lowest BCUT2D eigenvalue weighted by Crippen LogP contribution is -2.39. The minimum Gasteiger partial charge on any atom is -0.357 e. The van der Waals surface area contributed by atoms with E-state index in [4.69, 9.17) is 4.99 Å². The minimum absolute atomic E-state index is 0.268. The number of carbonyl (C=O) groups is 1. The zero-order valence-electron chi connectivity index (χ0n) is 18.4. The second-order valence-corrected chi connectivity index (χ2v) is 8.12. The second kappa shape index (κ2) is 10.8. The Balaban J connectivity index is 1.53. The fraction of sp³-hybridized carbons (Fsp3) is 0.440. The van der Waals surface area contributed by atoms with E-state index in [9.17, 15) is 4.79 Å². The molecule has 0 spiro atoms. The van der Waals surface area contributed by atoms with Crippen LogP contribution < -0.4 is 10.6 Å². The predicted octanol–water partition coefficient (Wildman–Crippen LogP) is 3.98. The first-order chi connectivity index (χ1) is 14.5. The Hall–Kier alpha value is -2.82. The molecule has 0 radical (unpaired) electrons. The van der Waals surface area contributed by atoms with Crippen LogP contribution in [0.2, 0.25) is 0 Å². The molecule has 2 aromatic carbocycles. The largest absolute Gasteiger partial charge is 0.357 e. The van der Waals surface area contributed by atoms with Crippen LogP contribution in [0.4, 0.5) is 0 Å². The molecule has 1 heterocycles. The number of nitrogens with one attached hydrogen (secondary N) is 2. The summed E-state index contributed by atoms with van der Waals surface area (Å²) in [5, 5.41) is 6.79. The van der Waals surface area contributed by atoms with Crippen molar-refractivity contribution in [1.29, 1.82) is 0 Å². The highest BCUT2D eigenvalue weighted by Gasteiger charge is 2.19. The van der Waals surface area contributed by atoms with Crippen molar-refractivity contribution in [2.45, 2.75) is 52.6 Å². The number of nitrogens with zero attached hydrogens (tertiary/aromatic N) is 2. The van der Waals surface area contributed by atoms with Crippen molar-refractivity contribution < 1.29 is 4.79 Å². The molecule has 1 amide bonds. The lowest BCUT2D eigenvalue weighted by atomic mass is 10.0. The van der Waals surface area contributed by atoms with Crippen molar-refractivity contribution in [2.24, 2.45) is 4.99 Å². The quantitative estimate of drug-likeness (QED) is 0.515. The molecule has 0 saturated carbocycles. The molecule has 1 saturated heterocycles. The molecule has 1 unspecified atom stereocenters. The molecule has 160 valence electrons. The molecular weight excluding hydrogens is 372 g/mol. The summed E-state index contributed by atoms with van der Waals surface area (Å²) in [6.45, 7) is 10.3. The highest BCUT2D eigenvalue weighted by molar-refractivity contribution is 5.79. The first kappa shape index (κ1) is 21.9. The normalized spacial score (nSPS) is 15.4. The molecule has 0 bridgehead atoms. The summed E-state index contributed by atoms with van der Waals surface area (Å²) in [7, 11) is 0. The van der Waals surface area contributed by atoms with E-state index in [0.717, 1.165) is 37.6 Å². The first-order valence-electron chi connectivity index (χ1n) is 11.0. The van der Waals surface area contributed by atoms with Crippen LogP contribution in [0.15, 0.2) is 53.5 Å². The van der Waals surface area contributed by atoms with Crippen LogP contribution in [-0.2, 0) is 17.9 Å². The van der Waals surface area contributed by atoms with Gasteiger partial charge in [-0.05, 0) is 42.9 Å². The van der Waals surface area contributed by atoms with Gasteiger partial charge in [0.1, 0.15) is 0 Å². The number of guanidine groups is 1. The monoisotopic (exact) mass is 406 g/mol. The van der Waals surface area contributed by atoms with Crippen molar-refractivity contribution in [2.75, 3.05) is 19.6 Å².